The number of carboxylic acid groups (broad SMARTS) is 1. The van der Waals surface area contributed by atoms with Crippen LogP contribution in [0.1, 0.15) is 97.3 Å². The van der Waals surface area contributed by atoms with Crippen LogP contribution in [0.4, 0.5) is 0 Å². The Labute approximate surface area is 137 Å². The number of carboxylic acids is 1. The van der Waals surface area contributed by atoms with Crippen LogP contribution in [0.25, 0.3) is 0 Å². The molecule has 0 aliphatic heterocycles. The van der Waals surface area contributed by atoms with Gasteiger partial charge < -0.3 is 12.0 Å². The van der Waals surface area contributed by atoms with Crippen molar-refractivity contribution < 1.29 is 26.4 Å². The first-order valence-electron chi connectivity index (χ1n) is 8.13. The second-order valence-corrected chi connectivity index (χ2v) is 5.26. The molecule has 0 bridgehead atoms. The molecule has 1 N–H and O–H groups in total. The second-order valence-electron chi connectivity index (χ2n) is 5.26. The largest absolute Gasteiger partial charge is 0.481 e. The van der Waals surface area contributed by atoms with Crippen LogP contribution < -0.4 is 0 Å². The van der Waals surface area contributed by atoms with E-state index in [9.17, 15) is 0 Å². The first kappa shape index (κ1) is 24.9. The maximum atomic E-state index is 9.00. The molecule has 0 aromatic heterocycles. The third kappa shape index (κ3) is 36.1. The van der Waals surface area contributed by atoms with Crippen LogP contribution >= 0.6 is 0 Å². The van der Waals surface area contributed by atoms with E-state index >= 15 is 0 Å². The van der Waals surface area contributed by atoms with Gasteiger partial charge in [-0.05, 0) is 0 Å². The average molecular weight is 330 g/mol. The molecule has 0 fully saturated rings. The van der Waals surface area contributed by atoms with Gasteiger partial charge in [0.2, 0.25) is 0 Å². The summed E-state index contributed by atoms with van der Waals surface area (Å²) in [5, 5.41) is 7.42. The van der Waals surface area contributed by atoms with Crippen LogP contribution in [-0.4, -0.2) is 11.1 Å². The topological polar surface area (TPSA) is 37.3 Å². The fraction of sp³-hybridized carbons (Fsp3) is 0.882. The van der Waals surface area contributed by atoms with Gasteiger partial charge in [0.05, 0.1) is 0 Å². The number of hydrogen-bond donors (Lipinski definition) is 1. The van der Waals surface area contributed by atoms with Crippen LogP contribution in [0.5, 0.6) is 0 Å². The van der Waals surface area contributed by atoms with Crippen molar-refractivity contribution in [2.75, 3.05) is 0 Å². The molecule has 0 spiro atoms. The van der Waals surface area contributed by atoms with E-state index in [0.29, 0.717) is 0 Å². The molecule has 0 aliphatic carbocycles. The Balaban J connectivity index is -0.000000508. The summed E-state index contributed by atoms with van der Waals surface area (Å²) in [6.07, 6.45) is 18.3. The van der Waals surface area contributed by atoms with E-state index in [1.54, 1.807) is 0 Å². The smallest absolute Gasteiger partial charge is 0.300 e. The zero-order chi connectivity index (χ0) is 14.8. The zero-order valence-electron chi connectivity index (χ0n) is 13.6. The first-order chi connectivity index (χ1) is 9.15. The molecule has 0 rings (SSSR count). The molecule has 0 saturated heterocycles. The third-order valence-electron chi connectivity index (χ3n) is 3.10. The van der Waals surface area contributed by atoms with Gasteiger partial charge in [-0.15, -0.1) is 0 Å². The summed E-state index contributed by atoms with van der Waals surface area (Å²) in [7, 11) is 0. The Kier molecular flexibility index (Phi) is 30.0. The van der Waals surface area contributed by atoms with Gasteiger partial charge in [0.1, 0.15) is 0 Å². The van der Waals surface area contributed by atoms with Gasteiger partial charge in [-0.25, -0.2) is 0 Å². The predicted octanol–water partition coefficient (Wildman–Crippen LogP) is 6.00. The second kappa shape index (κ2) is 24.0. The van der Waals surface area contributed by atoms with E-state index in [4.69, 9.17) is 9.90 Å². The molecule has 0 saturated carbocycles. The molecule has 0 aromatic rings. The van der Waals surface area contributed by atoms with Crippen molar-refractivity contribution in [2.24, 2.45) is 0 Å². The summed E-state index contributed by atoms with van der Waals surface area (Å²) in [6.45, 7) is 7.24. The molecule has 0 aliphatic rings. The summed E-state index contributed by atoms with van der Waals surface area (Å²) in [4.78, 5) is 9.00. The van der Waals surface area contributed by atoms with Gasteiger partial charge in [0, 0.05) is 23.4 Å². The van der Waals surface area contributed by atoms with E-state index in [0.717, 1.165) is 13.3 Å². The molecule has 0 aromatic carbocycles. The molecular formula is C17H35NiO2-. The normalized spacial score (nSPS) is 9.35. The molecule has 0 radical (unpaired) electrons. The van der Waals surface area contributed by atoms with Crippen LogP contribution in [-0.2, 0) is 21.3 Å². The maximum Gasteiger partial charge on any atom is 0.300 e. The van der Waals surface area contributed by atoms with E-state index in [1.807, 2.05) is 0 Å². The zero-order valence-corrected chi connectivity index (χ0v) is 14.6. The van der Waals surface area contributed by atoms with Gasteiger partial charge in [-0.2, -0.15) is 6.42 Å². The minimum atomic E-state index is -0.833. The predicted molar refractivity (Wildman–Crippen MR) is 84.4 cm³/mol. The quantitative estimate of drug-likeness (QED) is 0.271. The minimum Gasteiger partial charge on any atom is -0.481 e. The van der Waals surface area contributed by atoms with Crippen LogP contribution in [0.3, 0.4) is 0 Å². The van der Waals surface area contributed by atoms with Gasteiger partial charge in [-0.1, -0.05) is 84.0 Å². The van der Waals surface area contributed by atoms with Gasteiger partial charge in [0.15, 0.2) is 0 Å². The van der Waals surface area contributed by atoms with Crippen LogP contribution in [0.15, 0.2) is 0 Å². The van der Waals surface area contributed by atoms with Gasteiger partial charge >= 0.3 is 0 Å². The van der Waals surface area contributed by atoms with Gasteiger partial charge in [-0.3, -0.25) is 4.79 Å². The summed E-state index contributed by atoms with van der Waals surface area (Å²) in [6, 6.07) is 0. The Morgan fingerprint density at radius 1 is 0.800 bits per heavy atom. The Morgan fingerprint density at radius 3 is 1.30 bits per heavy atom. The van der Waals surface area contributed by atoms with E-state index in [2.05, 4.69) is 13.8 Å². The van der Waals surface area contributed by atoms with Crippen molar-refractivity contribution in [2.45, 2.75) is 97.3 Å². The van der Waals surface area contributed by atoms with Crippen molar-refractivity contribution in [3.63, 3.8) is 0 Å². The molecule has 126 valence electrons. The number of hydrogen-bond acceptors (Lipinski definition) is 1. The summed E-state index contributed by atoms with van der Waals surface area (Å²) in [5.74, 6) is -0.833. The van der Waals surface area contributed by atoms with Gasteiger partial charge in [0.25, 0.3) is 5.97 Å². The van der Waals surface area contributed by atoms with Crippen molar-refractivity contribution >= 4 is 5.97 Å². The number of rotatable bonds is 12. The molecule has 0 unspecified atom stereocenters. The maximum absolute atomic E-state index is 9.00. The average Bonchev–Trinajstić information content (AvgIpc) is 2.35. The Bertz CT molecular complexity index is 156. The SMILES string of the molecule is CC(=O)O.[CH2-]CCCCCCCCCCCCCC.[Ni]. The standard InChI is InChI=1S/C15H31.C2H4O2.Ni/c1-3-5-7-9-11-13-15-14-12-10-8-6-4-2;1-2(3)4;/h1,3-15H2,2H3;1H3,(H,3,4);/q-1;;. The van der Waals surface area contributed by atoms with E-state index in [1.165, 1.54) is 77.0 Å². The fourth-order valence-electron chi connectivity index (χ4n) is 2.02. The fourth-order valence-corrected chi connectivity index (χ4v) is 2.02. The first-order valence-corrected chi connectivity index (χ1v) is 8.13. The molecule has 2 nitrogen and oxygen atoms in total. The van der Waals surface area contributed by atoms with Crippen molar-refractivity contribution in [1.82, 2.24) is 0 Å². The Morgan fingerprint density at radius 2 is 1.05 bits per heavy atom. The van der Waals surface area contributed by atoms with E-state index in [-0.39, 0.29) is 16.5 Å². The minimum absolute atomic E-state index is 0. The van der Waals surface area contributed by atoms with Crippen LogP contribution in [0, 0.1) is 6.92 Å². The van der Waals surface area contributed by atoms with Crippen LogP contribution in [0.2, 0.25) is 0 Å². The molecule has 0 heterocycles. The molecule has 0 amide bonds. The molecule has 0 atom stereocenters. The van der Waals surface area contributed by atoms with Crippen molar-refractivity contribution in [3.8, 4) is 0 Å². The number of aliphatic carboxylic acids is 1. The summed E-state index contributed by atoms with van der Waals surface area (Å²) in [5.41, 5.74) is 0. The third-order valence-corrected chi connectivity index (χ3v) is 3.10. The summed E-state index contributed by atoms with van der Waals surface area (Å²) < 4.78 is 0. The summed E-state index contributed by atoms with van der Waals surface area (Å²) >= 11 is 0. The van der Waals surface area contributed by atoms with Crippen molar-refractivity contribution in [1.29, 1.82) is 0 Å². The number of unbranched alkanes of at least 4 members (excludes halogenated alkanes) is 12. The van der Waals surface area contributed by atoms with Crippen molar-refractivity contribution in [3.05, 3.63) is 6.92 Å². The number of carbonyl (C=O) groups is 1. The molecular weight excluding hydrogens is 295 g/mol. The monoisotopic (exact) mass is 329 g/mol. The molecule has 3 heteroatoms. The molecule has 20 heavy (non-hydrogen) atoms. The Hall–Kier alpha value is -0.0365. The van der Waals surface area contributed by atoms with E-state index < -0.39 is 5.97 Å².